The number of nitrogens with one attached hydrogen (secondary N) is 2. The lowest BCUT2D eigenvalue weighted by molar-refractivity contribution is -0.127. The second-order valence-corrected chi connectivity index (χ2v) is 8.46. The third-order valence-electron chi connectivity index (χ3n) is 6.08. The summed E-state index contributed by atoms with van der Waals surface area (Å²) in [7, 11) is 1.76. The first kappa shape index (κ1) is 21.6. The lowest BCUT2D eigenvalue weighted by atomic mass is 10.0. The highest BCUT2D eigenvalue weighted by Crippen LogP contribution is 2.48. The van der Waals surface area contributed by atoms with E-state index in [2.05, 4.69) is 41.8 Å². The molecule has 1 aliphatic carbocycles. The summed E-state index contributed by atoms with van der Waals surface area (Å²) in [5.41, 5.74) is 1.63. The van der Waals surface area contributed by atoms with E-state index >= 15 is 0 Å². The maximum absolute atomic E-state index is 12.4. The zero-order valence-corrected chi connectivity index (χ0v) is 18.0. The fraction of sp³-hybridized carbons (Fsp3) is 0.652. The largest absolute Gasteiger partial charge is 0.385 e. The first-order valence-corrected chi connectivity index (χ1v) is 11.0. The van der Waals surface area contributed by atoms with Crippen molar-refractivity contribution >= 4 is 11.9 Å². The topological polar surface area (TPSA) is 66.0 Å². The Morgan fingerprint density at radius 3 is 2.76 bits per heavy atom. The first-order valence-electron chi connectivity index (χ1n) is 11.0. The van der Waals surface area contributed by atoms with Crippen LogP contribution in [0.2, 0.25) is 0 Å². The summed E-state index contributed by atoms with van der Waals surface area (Å²) < 4.78 is 5.24. The molecule has 1 atom stereocenters. The molecule has 1 saturated heterocycles. The predicted octanol–water partition coefficient (Wildman–Crippen LogP) is 2.45. The number of benzene rings is 1. The SMILES string of the molecule is CCNC(=NCC1(CCOC)CC1)NCC1CC(=O)N(CCc2ccccc2)C1. The maximum Gasteiger partial charge on any atom is 0.223 e. The van der Waals surface area contributed by atoms with Gasteiger partial charge in [-0.2, -0.15) is 0 Å². The van der Waals surface area contributed by atoms with Gasteiger partial charge in [-0.25, -0.2) is 0 Å². The van der Waals surface area contributed by atoms with E-state index in [1.54, 1.807) is 7.11 Å². The molecule has 6 heteroatoms. The number of likely N-dealkylation sites (tertiary alicyclic amines) is 1. The summed E-state index contributed by atoms with van der Waals surface area (Å²) in [5, 5.41) is 6.80. The minimum absolute atomic E-state index is 0.270. The predicted molar refractivity (Wildman–Crippen MR) is 117 cm³/mol. The molecule has 1 heterocycles. The molecule has 1 aliphatic heterocycles. The van der Waals surface area contributed by atoms with E-state index in [1.165, 1.54) is 18.4 Å². The van der Waals surface area contributed by atoms with Crippen LogP contribution in [0.25, 0.3) is 0 Å². The standard InChI is InChI=1S/C23H36N4O2/c1-3-24-22(26-18-23(10-11-23)12-14-29-2)25-16-20-15-21(28)27(17-20)13-9-19-7-5-4-6-8-19/h4-8,20H,3,9-18H2,1-2H3,(H2,24,25,26). The number of carbonyl (C=O) groups excluding carboxylic acids is 1. The molecule has 6 nitrogen and oxygen atoms in total. The number of methoxy groups -OCH3 is 1. The van der Waals surface area contributed by atoms with Crippen LogP contribution in [0, 0.1) is 11.3 Å². The van der Waals surface area contributed by atoms with E-state index in [0.29, 0.717) is 17.8 Å². The van der Waals surface area contributed by atoms with Gasteiger partial charge >= 0.3 is 0 Å². The van der Waals surface area contributed by atoms with Gasteiger partial charge in [0.15, 0.2) is 5.96 Å². The molecule has 1 amide bonds. The number of carbonyl (C=O) groups is 1. The molecule has 3 rings (SSSR count). The van der Waals surface area contributed by atoms with Crippen LogP contribution in [0.1, 0.15) is 38.2 Å². The van der Waals surface area contributed by atoms with E-state index in [1.807, 2.05) is 11.0 Å². The number of rotatable bonds is 11. The van der Waals surface area contributed by atoms with Crippen molar-refractivity contribution in [2.45, 2.75) is 39.0 Å². The Hall–Kier alpha value is -2.08. The van der Waals surface area contributed by atoms with E-state index in [-0.39, 0.29) is 5.91 Å². The molecule has 0 bridgehead atoms. The van der Waals surface area contributed by atoms with Crippen LogP contribution in [0.15, 0.2) is 35.3 Å². The molecule has 1 aromatic carbocycles. The van der Waals surface area contributed by atoms with Crippen molar-refractivity contribution in [2.24, 2.45) is 16.3 Å². The summed E-state index contributed by atoms with van der Waals surface area (Å²) in [5.74, 6) is 1.48. The highest BCUT2D eigenvalue weighted by atomic mass is 16.5. The second kappa shape index (κ2) is 10.6. The average Bonchev–Trinajstić information content (AvgIpc) is 3.43. The third-order valence-corrected chi connectivity index (χ3v) is 6.08. The van der Waals surface area contributed by atoms with Gasteiger partial charge in [-0.3, -0.25) is 9.79 Å². The maximum atomic E-state index is 12.4. The monoisotopic (exact) mass is 400 g/mol. The smallest absolute Gasteiger partial charge is 0.223 e. The Labute approximate surface area is 175 Å². The highest BCUT2D eigenvalue weighted by Gasteiger charge is 2.41. The Bertz CT molecular complexity index is 673. The molecule has 0 radical (unpaired) electrons. The number of hydrogen-bond acceptors (Lipinski definition) is 3. The number of hydrogen-bond donors (Lipinski definition) is 2. The van der Waals surface area contributed by atoms with E-state index in [9.17, 15) is 4.79 Å². The highest BCUT2D eigenvalue weighted by molar-refractivity contribution is 5.81. The summed E-state index contributed by atoms with van der Waals surface area (Å²) in [6, 6.07) is 10.4. The van der Waals surface area contributed by atoms with Crippen molar-refractivity contribution in [2.75, 3.05) is 46.4 Å². The van der Waals surface area contributed by atoms with Gasteiger partial charge in [0.05, 0.1) is 0 Å². The van der Waals surface area contributed by atoms with Crippen LogP contribution in [-0.4, -0.2) is 63.2 Å². The molecular weight excluding hydrogens is 364 g/mol. The fourth-order valence-electron chi connectivity index (χ4n) is 3.93. The van der Waals surface area contributed by atoms with Crippen LogP contribution >= 0.6 is 0 Å². The Morgan fingerprint density at radius 1 is 1.28 bits per heavy atom. The van der Waals surface area contributed by atoms with Gasteiger partial charge in [0.1, 0.15) is 0 Å². The van der Waals surface area contributed by atoms with Crippen molar-refractivity contribution in [3.63, 3.8) is 0 Å². The van der Waals surface area contributed by atoms with Crippen molar-refractivity contribution in [3.05, 3.63) is 35.9 Å². The minimum atomic E-state index is 0.270. The lowest BCUT2D eigenvalue weighted by Crippen LogP contribution is -2.40. The number of nitrogens with zero attached hydrogens (tertiary/aromatic N) is 2. The second-order valence-electron chi connectivity index (χ2n) is 8.46. The summed E-state index contributed by atoms with van der Waals surface area (Å²) >= 11 is 0. The zero-order chi connectivity index (χ0) is 20.5. The van der Waals surface area contributed by atoms with E-state index < -0.39 is 0 Å². The molecule has 2 fully saturated rings. The van der Waals surface area contributed by atoms with Gasteiger partial charge in [-0.15, -0.1) is 0 Å². The van der Waals surface area contributed by atoms with Gasteiger partial charge < -0.3 is 20.3 Å². The quantitative estimate of drug-likeness (QED) is 0.442. The summed E-state index contributed by atoms with van der Waals surface area (Å²) in [6.07, 6.45) is 5.11. The lowest BCUT2D eigenvalue weighted by Gasteiger charge is -2.18. The molecule has 160 valence electrons. The fourth-order valence-corrected chi connectivity index (χ4v) is 3.93. The number of guanidine groups is 1. The first-order chi connectivity index (χ1) is 14.1. The van der Waals surface area contributed by atoms with Crippen molar-refractivity contribution in [1.29, 1.82) is 0 Å². The van der Waals surface area contributed by atoms with Crippen molar-refractivity contribution in [3.8, 4) is 0 Å². The Morgan fingerprint density at radius 2 is 2.07 bits per heavy atom. The average molecular weight is 401 g/mol. The molecule has 1 unspecified atom stereocenters. The molecule has 0 aromatic heterocycles. The van der Waals surface area contributed by atoms with Gasteiger partial charge in [-0.1, -0.05) is 30.3 Å². The van der Waals surface area contributed by atoms with Crippen molar-refractivity contribution in [1.82, 2.24) is 15.5 Å². The third kappa shape index (κ3) is 6.74. The van der Waals surface area contributed by atoms with Crippen LogP contribution < -0.4 is 10.6 Å². The number of amides is 1. The van der Waals surface area contributed by atoms with Gasteiger partial charge in [0.2, 0.25) is 5.91 Å². The zero-order valence-electron chi connectivity index (χ0n) is 18.0. The molecule has 1 saturated carbocycles. The Balaban J connectivity index is 1.43. The molecule has 0 spiro atoms. The van der Waals surface area contributed by atoms with Gasteiger partial charge in [0, 0.05) is 58.8 Å². The van der Waals surface area contributed by atoms with Gasteiger partial charge in [0.25, 0.3) is 0 Å². The van der Waals surface area contributed by atoms with Crippen molar-refractivity contribution < 1.29 is 9.53 Å². The summed E-state index contributed by atoms with van der Waals surface area (Å²) in [6.45, 7) is 6.99. The molecule has 1 aromatic rings. The van der Waals surface area contributed by atoms with E-state index in [0.717, 1.165) is 58.1 Å². The summed E-state index contributed by atoms with van der Waals surface area (Å²) in [4.78, 5) is 19.2. The Kier molecular flexibility index (Phi) is 7.92. The number of ether oxygens (including phenoxy) is 1. The molecule has 2 N–H and O–H groups in total. The normalized spacial score (nSPS) is 20.8. The van der Waals surface area contributed by atoms with Crippen LogP contribution in [0.5, 0.6) is 0 Å². The molecule has 29 heavy (non-hydrogen) atoms. The van der Waals surface area contributed by atoms with Crippen LogP contribution in [0.4, 0.5) is 0 Å². The van der Waals surface area contributed by atoms with Crippen LogP contribution in [0.3, 0.4) is 0 Å². The van der Waals surface area contributed by atoms with Gasteiger partial charge in [-0.05, 0) is 43.6 Å². The molecular formula is C23H36N4O2. The molecule has 2 aliphatic rings. The van der Waals surface area contributed by atoms with E-state index in [4.69, 9.17) is 9.73 Å². The minimum Gasteiger partial charge on any atom is -0.385 e. The number of aliphatic imine (C=N–C) groups is 1. The van der Waals surface area contributed by atoms with Crippen LogP contribution in [-0.2, 0) is 16.0 Å².